The van der Waals surface area contributed by atoms with Crippen LogP contribution in [0, 0.1) is 11.3 Å². The van der Waals surface area contributed by atoms with E-state index in [1.54, 1.807) is 0 Å². The molecule has 1 fully saturated rings. The fourth-order valence-corrected chi connectivity index (χ4v) is 1.78. The normalized spacial score (nSPS) is 25.6. The first-order chi connectivity index (χ1) is 6.86. The Morgan fingerprint density at radius 2 is 2.06 bits per heavy atom. The Morgan fingerprint density at radius 3 is 2.50 bits per heavy atom. The fourth-order valence-electron chi connectivity index (χ4n) is 1.78. The Kier molecular flexibility index (Phi) is 5.77. The highest BCUT2D eigenvalue weighted by atomic mass is 35.5. The lowest BCUT2D eigenvalue weighted by Gasteiger charge is -2.25. The minimum Gasteiger partial charge on any atom is -0.352 e. The second-order valence-electron chi connectivity index (χ2n) is 5.74. The first-order valence-corrected chi connectivity index (χ1v) is 5.92. The number of carbonyl (C=O) groups excluding carboxylic acids is 1. The Hall–Kier alpha value is -0.280. The van der Waals surface area contributed by atoms with Crippen molar-refractivity contribution in [2.24, 2.45) is 17.1 Å². The smallest absolute Gasteiger partial charge is 0.237 e. The van der Waals surface area contributed by atoms with Gasteiger partial charge >= 0.3 is 0 Å². The van der Waals surface area contributed by atoms with Crippen LogP contribution < -0.4 is 11.1 Å². The maximum absolute atomic E-state index is 11.8. The molecule has 0 bridgehead atoms. The maximum Gasteiger partial charge on any atom is 0.237 e. The SMILES string of the molecule is CCCC1CC1NC(=O)[C@@H](N)C(C)(C)C.Cl. The van der Waals surface area contributed by atoms with Crippen LogP contribution in [0.15, 0.2) is 0 Å². The van der Waals surface area contributed by atoms with Crippen molar-refractivity contribution < 1.29 is 4.79 Å². The van der Waals surface area contributed by atoms with Crippen molar-refractivity contribution in [3.8, 4) is 0 Å². The topological polar surface area (TPSA) is 55.1 Å². The summed E-state index contributed by atoms with van der Waals surface area (Å²) in [6.45, 7) is 8.16. The third kappa shape index (κ3) is 4.30. The van der Waals surface area contributed by atoms with E-state index in [0.717, 1.165) is 6.42 Å². The van der Waals surface area contributed by atoms with Gasteiger partial charge < -0.3 is 11.1 Å². The number of carbonyl (C=O) groups is 1. The lowest BCUT2D eigenvalue weighted by molar-refractivity contribution is -0.124. The van der Waals surface area contributed by atoms with Crippen LogP contribution in [0.5, 0.6) is 0 Å². The molecule has 3 nitrogen and oxygen atoms in total. The van der Waals surface area contributed by atoms with Crippen LogP contribution in [0.4, 0.5) is 0 Å². The summed E-state index contributed by atoms with van der Waals surface area (Å²) in [5, 5.41) is 3.03. The molecule has 1 rings (SSSR count). The van der Waals surface area contributed by atoms with E-state index >= 15 is 0 Å². The summed E-state index contributed by atoms with van der Waals surface area (Å²) in [6.07, 6.45) is 3.55. The van der Waals surface area contributed by atoms with Crippen molar-refractivity contribution in [1.29, 1.82) is 0 Å². The Labute approximate surface area is 105 Å². The van der Waals surface area contributed by atoms with Crippen LogP contribution in [0.1, 0.15) is 47.0 Å². The average Bonchev–Trinajstić information content (AvgIpc) is 2.81. The van der Waals surface area contributed by atoms with Crippen molar-refractivity contribution in [2.75, 3.05) is 0 Å². The molecule has 1 saturated carbocycles. The lowest BCUT2D eigenvalue weighted by Crippen LogP contribution is -2.49. The molecule has 0 aromatic heterocycles. The number of hydrogen-bond acceptors (Lipinski definition) is 2. The van der Waals surface area contributed by atoms with Crippen LogP contribution in [0.25, 0.3) is 0 Å². The Balaban J connectivity index is 0.00000225. The number of rotatable bonds is 4. The zero-order valence-corrected chi connectivity index (χ0v) is 11.6. The largest absolute Gasteiger partial charge is 0.352 e. The number of halogens is 1. The van der Waals surface area contributed by atoms with Gasteiger partial charge in [0.25, 0.3) is 0 Å². The van der Waals surface area contributed by atoms with Gasteiger partial charge in [0.1, 0.15) is 0 Å². The van der Waals surface area contributed by atoms with Gasteiger partial charge in [0, 0.05) is 6.04 Å². The number of amides is 1. The number of hydrogen-bond donors (Lipinski definition) is 2. The Morgan fingerprint density at radius 1 is 1.50 bits per heavy atom. The molecule has 0 saturated heterocycles. The molecular weight excluding hydrogens is 224 g/mol. The van der Waals surface area contributed by atoms with Crippen LogP contribution >= 0.6 is 12.4 Å². The van der Waals surface area contributed by atoms with Gasteiger partial charge in [0.2, 0.25) is 5.91 Å². The van der Waals surface area contributed by atoms with E-state index in [1.807, 2.05) is 20.8 Å². The third-order valence-electron chi connectivity index (χ3n) is 3.13. The van der Waals surface area contributed by atoms with Gasteiger partial charge in [-0.2, -0.15) is 0 Å². The van der Waals surface area contributed by atoms with E-state index in [-0.39, 0.29) is 23.7 Å². The summed E-state index contributed by atoms with van der Waals surface area (Å²) >= 11 is 0. The van der Waals surface area contributed by atoms with E-state index in [2.05, 4.69) is 12.2 Å². The molecule has 3 atom stereocenters. The highest BCUT2D eigenvalue weighted by Crippen LogP contribution is 2.34. The molecule has 2 unspecified atom stereocenters. The summed E-state index contributed by atoms with van der Waals surface area (Å²) in [5.74, 6) is 0.706. The molecule has 0 heterocycles. The zero-order chi connectivity index (χ0) is 11.6. The van der Waals surface area contributed by atoms with Crippen molar-refractivity contribution in [3.63, 3.8) is 0 Å². The number of nitrogens with two attached hydrogens (primary N) is 1. The van der Waals surface area contributed by atoms with Gasteiger partial charge in [-0.05, 0) is 24.2 Å². The quantitative estimate of drug-likeness (QED) is 0.801. The van der Waals surface area contributed by atoms with Crippen molar-refractivity contribution in [1.82, 2.24) is 5.32 Å². The molecule has 0 aromatic rings. The molecule has 1 amide bonds. The second-order valence-corrected chi connectivity index (χ2v) is 5.74. The van der Waals surface area contributed by atoms with Gasteiger partial charge in [-0.3, -0.25) is 4.79 Å². The summed E-state index contributed by atoms with van der Waals surface area (Å²) in [5.41, 5.74) is 5.72. The molecule has 0 aromatic carbocycles. The summed E-state index contributed by atoms with van der Waals surface area (Å²) in [4.78, 5) is 11.8. The van der Waals surface area contributed by atoms with E-state index in [9.17, 15) is 4.79 Å². The van der Waals surface area contributed by atoms with Crippen molar-refractivity contribution >= 4 is 18.3 Å². The van der Waals surface area contributed by atoms with Crippen LogP contribution in [0.2, 0.25) is 0 Å². The van der Waals surface area contributed by atoms with Gasteiger partial charge in [-0.25, -0.2) is 0 Å². The molecule has 3 N–H and O–H groups in total. The molecule has 96 valence electrons. The Bertz CT molecular complexity index is 238. The summed E-state index contributed by atoms with van der Waals surface area (Å²) < 4.78 is 0. The summed E-state index contributed by atoms with van der Waals surface area (Å²) in [6, 6.07) is -0.00812. The molecule has 1 aliphatic carbocycles. The van der Waals surface area contributed by atoms with E-state index < -0.39 is 6.04 Å². The predicted octanol–water partition coefficient (Wildman–Crippen LogP) is 2.09. The highest BCUT2D eigenvalue weighted by molar-refractivity contribution is 5.85. The molecular formula is C12H25ClN2O. The predicted molar refractivity (Wildman–Crippen MR) is 69.6 cm³/mol. The zero-order valence-electron chi connectivity index (χ0n) is 10.7. The van der Waals surface area contributed by atoms with Gasteiger partial charge in [0.15, 0.2) is 0 Å². The van der Waals surface area contributed by atoms with Gasteiger partial charge in [-0.1, -0.05) is 34.1 Å². The fraction of sp³-hybridized carbons (Fsp3) is 0.917. The molecule has 0 spiro atoms. The minimum absolute atomic E-state index is 0. The standard InChI is InChI=1S/C12H24N2O.ClH/c1-5-6-8-7-9(8)14-11(15)10(13)12(2,3)4;/h8-10H,5-7,13H2,1-4H3,(H,14,15);1H/t8?,9?,10-;/m1./s1. The molecule has 16 heavy (non-hydrogen) atoms. The monoisotopic (exact) mass is 248 g/mol. The minimum atomic E-state index is -0.402. The van der Waals surface area contributed by atoms with E-state index in [0.29, 0.717) is 12.0 Å². The van der Waals surface area contributed by atoms with Gasteiger partial charge in [-0.15, -0.1) is 12.4 Å². The maximum atomic E-state index is 11.8. The second kappa shape index (κ2) is 5.87. The first kappa shape index (κ1) is 15.7. The van der Waals surface area contributed by atoms with E-state index in [4.69, 9.17) is 5.73 Å². The van der Waals surface area contributed by atoms with Crippen LogP contribution in [-0.2, 0) is 4.79 Å². The number of nitrogens with one attached hydrogen (secondary N) is 1. The van der Waals surface area contributed by atoms with Crippen LogP contribution in [0.3, 0.4) is 0 Å². The van der Waals surface area contributed by atoms with E-state index in [1.165, 1.54) is 12.8 Å². The molecule has 4 heteroatoms. The molecule has 0 aliphatic heterocycles. The highest BCUT2D eigenvalue weighted by Gasteiger charge is 2.39. The third-order valence-corrected chi connectivity index (χ3v) is 3.13. The molecule has 0 radical (unpaired) electrons. The van der Waals surface area contributed by atoms with Crippen LogP contribution in [-0.4, -0.2) is 18.0 Å². The average molecular weight is 249 g/mol. The van der Waals surface area contributed by atoms with Gasteiger partial charge in [0.05, 0.1) is 6.04 Å². The summed E-state index contributed by atoms with van der Waals surface area (Å²) in [7, 11) is 0. The lowest BCUT2D eigenvalue weighted by atomic mass is 9.87. The molecule has 1 aliphatic rings. The van der Waals surface area contributed by atoms with Crippen molar-refractivity contribution in [3.05, 3.63) is 0 Å². The van der Waals surface area contributed by atoms with Crippen molar-refractivity contribution in [2.45, 2.75) is 59.0 Å². The first-order valence-electron chi connectivity index (χ1n) is 5.92.